The van der Waals surface area contributed by atoms with Crippen molar-refractivity contribution >= 4 is 15.8 Å². The van der Waals surface area contributed by atoms with Crippen LogP contribution in [-0.4, -0.2) is 41.1 Å². The van der Waals surface area contributed by atoms with Crippen LogP contribution in [0.1, 0.15) is 16.1 Å². The molecule has 0 unspecified atom stereocenters. The first kappa shape index (κ1) is 14.1. The van der Waals surface area contributed by atoms with Crippen molar-refractivity contribution in [1.82, 2.24) is 10.2 Å². The highest BCUT2D eigenvalue weighted by molar-refractivity contribution is 7.90. The lowest BCUT2D eigenvalue weighted by atomic mass is 10.1. The lowest BCUT2D eigenvalue weighted by molar-refractivity contribution is 0.0690. The van der Waals surface area contributed by atoms with Gasteiger partial charge < -0.3 is 10.2 Å². The van der Waals surface area contributed by atoms with Gasteiger partial charge in [-0.15, -0.1) is 0 Å². The molecule has 0 bridgehead atoms. The molecule has 0 radical (unpaired) electrons. The maximum absolute atomic E-state index is 11.8. The number of aromatic hydroxyl groups is 1. The number of carbonyl (C=O) groups is 1. The number of sulfone groups is 1. The summed E-state index contributed by atoms with van der Waals surface area (Å²) in [5.74, 6) is -1.30. The number of nitrogens with zero attached hydrogens (tertiary/aromatic N) is 1. The Morgan fingerprint density at radius 2 is 1.95 bits per heavy atom. The monoisotopic (exact) mass is 296 g/mol. The van der Waals surface area contributed by atoms with Crippen molar-refractivity contribution in [1.29, 1.82) is 0 Å². The lowest BCUT2D eigenvalue weighted by Gasteiger charge is -2.08. The molecular formula is C12H12N2O5S. The summed E-state index contributed by atoms with van der Waals surface area (Å²) in [7, 11) is -3.54. The standard InChI is InChI=1S/C12H12N2O5S/c1-6-3-11(20(2,18)19)7(4-10(6)15)8-5-9(12(16)17)14-13-8/h3-5,15H,1-2H3,(H,13,14)(H,16,17). The number of benzene rings is 1. The second-order valence-electron chi connectivity index (χ2n) is 4.38. The number of nitrogens with one attached hydrogen (secondary N) is 1. The molecule has 0 aliphatic heterocycles. The second kappa shape index (κ2) is 4.64. The molecule has 8 heteroatoms. The number of H-pyrrole nitrogens is 1. The molecule has 3 N–H and O–H groups in total. The quantitative estimate of drug-likeness (QED) is 0.782. The highest BCUT2D eigenvalue weighted by atomic mass is 32.2. The van der Waals surface area contributed by atoms with Crippen LogP contribution in [0.3, 0.4) is 0 Å². The molecule has 0 saturated carbocycles. The fraction of sp³-hybridized carbons (Fsp3) is 0.167. The molecule has 2 rings (SSSR count). The van der Waals surface area contributed by atoms with Crippen molar-refractivity contribution in [2.45, 2.75) is 11.8 Å². The van der Waals surface area contributed by atoms with Crippen LogP contribution in [0.2, 0.25) is 0 Å². The first-order valence-electron chi connectivity index (χ1n) is 5.53. The van der Waals surface area contributed by atoms with Gasteiger partial charge in [-0.3, -0.25) is 5.10 Å². The number of aromatic nitrogens is 2. The largest absolute Gasteiger partial charge is 0.508 e. The number of aryl methyl sites for hydroxylation is 1. The molecule has 106 valence electrons. The molecule has 0 fully saturated rings. The van der Waals surface area contributed by atoms with Crippen molar-refractivity contribution in [2.24, 2.45) is 0 Å². The molecule has 2 aromatic rings. The molecule has 0 saturated heterocycles. The number of aromatic carboxylic acids is 1. The number of aromatic amines is 1. The number of rotatable bonds is 3. The van der Waals surface area contributed by atoms with E-state index in [1.807, 2.05) is 0 Å². The average Bonchev–Trinajstić information content (AvgIpc) is 2.80. The zero-order valence-corrected chi connectivity index (χ0v) is 11.5. The molecule has 0 atom stereocenters. The zero-order valence-electron chi connectivity index (χ0n) is 10.7. The molecule has 7 nitrogen and oxygen atoms in total. The number of carboxylic acid groups (broad SMARTS) is 1. The maximum Gasteiger partial charge on any atom is 0.353 e. The third-order valence-electron chi connectivity index (χ3n) is 2.78. The molecule has 1 aromatic heterocycles. The van der Waals surface area contributed by atoms with Crippen LogP contribution in [0.25, 0.3) is 11.3 Å². The van der Waals surface area contributed by atoms with Gasteiger partial charge in [0.1, 0.15) is 11.4 Å². The van der Waals surface area contributed by atoms with Gasteiger partial charge in [-0.1, -0.05) is 0 Å². The minimum absolute atomic E-state index is 0.0174. The molecule has 0 spiro atoms. The number of hydrogen-bond donors (Lipinski definition) is 3. The molecular weight excluding hydrogens is 284 g/mol. The smallest absolute Gasteiger partial charge is 0.353 e. The maximum atomic E-state index is 11.8. The van der Waals surface area contributed by atoms with Crippen molar-refractivity contribution in [3.63, 3.8) is 0 Å². The number of hydrogen-bond acceptors (Lipinski definition) is 5. The zero-order chi connectivity index (χ0) is 15.1. The Hall–Kier alpha value is -2.35. The van der Waals surface area contributed by atoms with Crippen LogP contribution in [0.5, 0.6) is 5.75 Å². The third kappa shape index (κ3) is 2.50. The number of carboxylic acids is 1. The van der Waals surface area contributed by atoms with E-state index in [0.29, 0.717) is 5.56 Å². The van der Waals surface area contributed by atoms with E-state index in [2.05, 4.69) is 10.2 Å². The van der Waals surface area contributed by atoms with Gasteiger partial charge in [0.05, 0.1) is 10.6 Å². The third-order valence-corrected chi connectivity index (χ3v) is 3.92. The Balaban J connectivity index is 2.72. The lowest BCUT2D eigenvalue weighted by Crippen LogP contribution is -2.01. The minimum Gasteiger partial charge on any atom is -0.508 e. The second-order valence-corrected chi connectivity index (χ2v) is 6.36. The molecule has 0 amide bonds. The molecule has 1 aromatic carbocycles. The summed E-state index contributed by atoms with van der Waals surface area (Å²) in [6.45, 7) is 1.57. The van der Waals surface area contributed by atoms with Crippen LogP contribution in [0, 0.1) is 6.92 Å². The van der Waals surface area contributed by atoms with Crippen LogP contribution < -0.4 is 0 Å². The first-order valence-corrected chi connectivity index (χ1v) is 7.42. The van der Waals surface area contributed by atoms with Crippen LogP contribution in [0.4, 0.5) is 0 Å². The molecule has 1 heterocycles. The highest BCUT2D eigenvalue weighted by Crippen LogP contribution is 2.32. The van der Waals surface area contributed by atoms with Gasteiger partial charge in [-0.2, -0.15) is 5.10 Å². The van der Waals surface area contributed by atoms with E-state index in [1.54, 1.807) is 6.92 Å². The Morgan fingerprint density at radius 1 is 1.30 bits per heavy atom. The molecule has 0 aliphatic rings. The summed E-state index contributed by atoms with van der Waals surface area (Å²) in [4.78, 5) is 10.8. The van der Waals surface area contributed by atoms with Gasteiger partial charge in [0.25, 0.3) is 0 Å². The predicted octanol–water partition coefficient (Wildman–Crippen LogP) is 1.19. The van der Waals surface area contributed by atoms with E-state index in [9.17, 15) is 18.3 Å². The van der Waals surface area contributed by atoms with E-state index >= 15 is 0 Å². The van der Waals surface area contributed by atoms with Gasteiger partial charge in [0.15, 0.2) is 9.84 Å². The van der Waals surface area contributed by atoms with E-state index in [-0.39, 0.29) is 27.6 Å². The fourth-order valence-corrected chi connectivity index (χ4v) is 2.70. The van der Waals surface area contributed by atoms with Gasteiger partial charge >= 0.3 is 5.97 Å². The summed E-state index contributed by atoms with van der Waals surface area (Å²) >= 11 is 0. The van der Waals surface area contributed by atoms with Crippen molar-refractivity contribution in [3.8, 4) is 17.0 Å². The number of phenols is 1. The van der Waals surface area contributed by atoms with E-state index in [1.165, 1.54) is 18.2 Å². The van der Waals surface area contributed by atoms with Gasteiger partial charge in [0, 0.05) is 11.8 Å². The van der Waals surface area contributed by atoms with Gasteiger partial charge in [0.2, 0.25) is 0 Å². The highest BCUT2D eigenvalue weighted by Gasteiger charge is 2.20. The Labute approximate surface area is 114 Å². The first-order chi connectivity index (χ1) is 9.20. The average molecular weight is 296 g/mol. The van der Waals surface area contributed by atoms with Crippen LogP contribution in [0.15, 0.2) is 23.1 Å². The van der Waals surface area contributed by atoms with Gasteiger partial charge in [-0.05, 0) is 30.7 Å². The van der Waals surface area contributed by atoms with Crippen LogP contribution >= 0.6 is 0 Å². The molecule has 0 aliphatic carbocycles. The summed E-state index contributed by atoms with van der Waals surface area (Å²) < 4.78 is 23.6. The summed E-state index contributed by atoms with van der Waals surface area (Å²) in [5.41, 5.74) is 0.528. The SMILES string of the molecule is Cc1cc(S(C)(=O)=O)c(-c2cc(C(=O)O)[nH]n2)cc1O. The minimum atomic E-state index is -3.54. The summed E-state index contributed by atoms with van der Waals surface area (Å²) in [6.07, 6.45) is 1.03. The summed E-state index contributed by atoms with van der Waals surface area (Å²) in [5, 5.41) is 24.6. The summed E-state index contributed by atoms with van der Waals surface area (Å²) in [6, 6.07) is 3.80. The van der Waals surface area contributed by atoms with Crippen molar-refractivity contribution < 1.29 is 23.4 Å². The van der Waals surface area contributed by atoms with E-state index in [4.69, 9.17) is 5.11 Å². The van der Waals surface area contributed by atoms with E-state index in [0.717, 1.165) is 6.26 Å². The van der Waals surface area contributed by atoms with Gasteiger partial charge in [-0.25, -0.2) is 13.2 Å². The Morgan fingerprint density at radius 3 is 2.45 bits per heavy atom. The Bertz CT molecular complexity index is 792. The molecule has 20 heavy (non-hydrogen) atoms. The number of phenolic OH excluding ortho intramolecular Hbond substituents is 1. The van der Waals surface area contributed by atoms with Crippen molar-refractivity contribution in [2.75, 3.05) is 6.26 Å². The van der Waals surface area contributed by atoms with Crippen LogP contribution in [-0.2, 0) is 9.84 Å². The normalized spacial score (nSPS) is 11.5. The van der Waals surface area contributed by atoms with Crippen molar-refractivity contribution in [3.05, 3.63) is 29.5 Å². The topological polar surface area (TPSA) is 120 Å². The fourth-order valence-electron chi connectivity index (χ4n) is 1.75. The Kier molecular flexibility index (Phi) is 3.26. The predicted molar refractivity (Wildman–Crippen MR) is 70.5 cm³/mol. The van der Waals surface area contributed by atoms with E-state index < -0.39 is 15.8 Å².